The average molecular weight is 411 g/mol. The number of carbonyl (C=O) groups is 1. The van der Waals surface area contributed by atoms with E-state index in [1.54, 1.807) is 24.0 Å². The van der Waals surface area contributed by atoms with E-state index < -0.39 is 4.92 Å². The van der Waals surface area contributed by atoms with Gasteiger partial charge in [0.1, 0.15) is 12.4 Å². The zero-order chi connectivity index (χ0) is 21.0. The molecule has 0 spiro atoms. The molecule has 3 aromatic rings. The van der Waals surface area contributed by atoms with Crippen molar-refractivity contribution in [1.82, 2.24) is 4.98 Å². The minimum atomic E-state index is -0.433. The van der Waals surface area contributed by atoms with Gasteiger partial charge in [0.05, 0.1) is 21.9 Å². The van der Waals surface area contributed by atoms with Gasteiger partial charge in [0, 0.05) is 18.4 Å². The summed E-state index contributed by atoms with van der Waals surface area (Å²) in [4.78, 5) is 28.9. The van der Waals surface area contributed by atoms with Crippen LogP contribution in [0.4, 0.5) is 16.5 Å². The second-order valence-electron chi connectivity index (χ2n) is 6.44. The second kappa shape index (κ2) is 8.83. The van der Waals surface area contributed by atoms with Crippen molar-refractivity contribution in [2.45, 2.75) is 33.8 Å². The molecular weight excluding hydrogens is 390 g/mol. The Labute approximate surface area is 172 Å². The summed E-state index contributed by atoms with van der Waals surface area (Å²) < 4.78 is 5.74. The van der Waals surface area contributed by atoms with Crippen molar-refractivity contribution in [3.63, 3.8) is 0 Å². The van der Waals surface area contributed by atoms with Gasteiger partial charge in [0.25, 0.3) is 5.69 Å². The van der Waals surface area contributed by atoms with Crippen LogP contribution >= 0.6 is 11.3 Å². The Bertz CT molecular complexity index is 1030. The van der Waals surface area contributed by atoms with Crippen LogP contribution in [0.2, 0.25) is 0 Å². The predicted molar refractivity (Wildman–Crippen MR) is 113 cm³/mol. The summed E-state index contributed by atoms with van der Waals surface area (Å²) in [5, 5.41) is 13.4. The van der Waals surface area contributed by atoms with E-state index in [0.717, 1.165) is 12.1 Å². The zero-order valence-corrected chi connectivity index (χ0v) is 17.2. The molecule has 3 rings (SSSR count). The maximum Gasteiger partial charge on any atom is 0.276 e. The van der Waals surface area contributed by atoms with Crippen LogP contribution in [0, 0.1) is 17.0 Å². The van der Waals surface area contributed by atoms with E-state index in [-0.39, 0.29) is 18.2 Å². The Balaban J connectivity index is 1.78. The summed E-state index contributed by atoms with van der Waals surface area (Å²) in [6.45, 7) is 5.38. The molecule has 0 saturated heterocycles. The third-order valence-electron chi connectivity index (χ3n) is 4.48. The number of hydrogen-bond donors (Lipinski definition) is 0. The van der Waals surface area contributed by atoms with E-state index >= 15 is 0 Å². The molecule has 1 aromatic heterocycles. The fourth-order valence-electron chi connectivity index (χ4n) is 2.88. The van der Waals surface area contributed by atoms with Crippen LogP contribution in [-0.2, 0) is 17.8 Å². The molecule has 0 aliphatic heterocycles. The molecule has 0 radical (unpaired) electrons. The number of rotatable bonds is 7. The number of thiazole rings is 1. The van der Waals surface area contributed by atoms with Crippen molar-refractivity contribution in [3.05, 3.63) is 74.8 Å². The van der Waals surface area contributed by atoms with Crippen LogP contribution in [0.3, 0.4) is 0 Å². The summed E-state index contributed by atoms with van der Waals surface area (Å²) in [6, 6.07) is 12.5. The monoisotopic (exact) mass is 411 g/mol. The molecular formula is C21H21N3O4S. The van der Waals surface area contributed by atoms with Crippen LogP contribution < -0.4 is 9.64 Å². The van der Waals surface area contributed by atoms with Gasteiger partial charge in [-0.1, -0.05) is 25.1 Å². The maximum absolute atomic E-state index is 12.2. The lowest BCUT2D eigenvalue weighted by molar-refractivity contribution is -0.385. The number of anilines is 2. The summed E-state index contributed by atoms with van der Waals surface area (Å²) in [7, 11) is 0. The lowest BCUT2D eigenvalue weighted by atomic mass is 10.1. The number of nitrogens with zero attached hydrogens (tertiary/aromatic N) is 3. The van der Waals surface area contributed by atoms with Gasteiger partial charge in [-0.05, 0) is 37.1 Å². The number of amides is 1. The number of benzene rings is 2. The zero-order valence-electron chi connectivity index (χ0n) is 16.4. The number of hydrogen-bond acceptors (Lipinski definition) is 6. The van der Waals surface area contributed by atoms with E-state index in [0.29, 0.717) is 22.1 Å². The Morgan fingerprint density at radius 1 is 1.24 bits per heavy atom. The maximum atomic E-state index is 12.2. The predicted octanol–water partition coefficient (Wildman–Crippen LogP) is 5.19. The van der Waals surface area contributed by atoms with E-state index in [1.165, 1.54) is 29.9 Å². The number of aryl methyl sites for hydroxylation is 1. The molecule has 0 aliphatic carbocycles. The first-order valence-electron chi connectivity index (χ1n) is 9.11. The summed E-state index contributed by atoms with van der Waals surface area (Å²) in [6.07, 6.45) is 0.927. The first-order valence-corrected chi connectivity index (χ1v) is 9.99. The number of nitro groups is 1. The van der Waals surface area contributed by atoms with Gasteiger partial charge in [-0.25, -0.2) is 4.98 Å². The van der Waals surface area contributed by atoms with Crippen LogP contribution in [0.25, 0.3) is 0 Å². The van der Waals surface area contributed by atoms with E-state index in [1.807, 2.05) is 29.6 Å². The Morgan fingerprint density at radius 2 is 1.97 bits per heavy atom. The molecule has 150 valence electrons. The molecule has 2 aromatic carbocycles. The molecule has 8 heteroatoms. The Hall–Kier alpha value is -3.26. The number of ether oxygens (including phenoxy) is 1. The summed E-state index contributed by atoms with van der Waals surface area (Å²) >= 11 is 1.34. The number of carbonyl (C=O) groups excluding carboxylic acids is 1. The van der Waals surface area contributed by atoms with Crippen LogP contribution in [0.15, 0.2) is 47.8 Å². The van der Waals surface area contributed by atoms with E-state index in [2.05, 4.69) is 11.9 Å². The molecule has 1 amide bonds. The van der Waals surface area contributed by atoms with E-state index in [9.17, 15) is 14.9 Å². The van der Waals surface area contributed by atoms with E-state index in [4.69, 9.17) is 4.74 Å². The van der Waals surface area contributed by atoms with Crippen molar-refractivity contribution in [2.24, 2.45) is 0 Å². The van der Waals surface area contributed by atoms with Crippen molar-refractivity contribution in [1.29, 1.82) is 0 Å². The number of aromatic nitrogens is 1. The molecule has 0 aliphatic rings. The summed E-state index contributed by atoms with van der Waals surface area (Å²) in [5.41, 5.74) is 3.07. The fourth-order valence-corrected chi connectivity index (χ4v) is 3.75. The van der Waals surface area contributed by atoms with Gasteiger partial charge in [0.15, 0.2) is 5.13 Å². The molecule has 0 fully saturated rings. The standard InChI is InChI=1S/C21H21N3O4S/c1-4-16-8-10-18(11-9-16)23(15(3)25)21-22-17(13-29-21)12-28-20-7-5-6-19(14(20)2)24(26)27/h5-11,13H,4,12H2,1-3H3. The van der Waals surface area contributed by atoms with Gasteiger partial charge in [-0.3, -0.25) is 19.8 Å². The average Bonchev–Trinajstić information content (AvgIpc) is 3.15. The van der Waals surface area contributed by atoms with Crippen molar-refractivity contribution >= 4 is 33.8 Å². The lowest BCUT2D eigenvalue weighted by Crippen LogP contribution is -2.22. The minimum absolute atomic E-state index is 0.0137. The van der Waals surface area contributed by atoms with Crippen LogP contribution in [-0.4, -0.2) is 15.8 Å². The molecule has 0 saturated carbocycles. The van der Waals surface area contributed by atoms with Crippen molar-refractivity contribution in [2.75, 3.05) is 4.90 Å². The molecule has 0 N–H and O–H groups in total. The van der Waals surface area contributed by atoms with Crippen molar-refractivity contribution in [3.8, 4) is 5.75 Å². The van der Waals surface area contributed by atoms with Gasteiger partial charge >= 0.3 is 0 Å². The molecule has 7 nitrogen and oxygen atoms in total. The molecule has 0 bridgehead atoms. The van der Waals surface area contributed by atoms with Gasteiger partial charge < -0.3 is 4.74 Å². The molecule has 0 atom stereocenters. The summed E-state index contributed by atoms with van der Waals surface area (Å²) in [5.74, 6) is 0.304. The third-order valence-corrected chi connectivity index (χ3v) is 5.35. The quantitative estimate of drug-likeness (QED) is 0.395. The van der Waals surface area contributed by atoms with Gasteiger partial charge in [0.2, 0.25) is 5.91 Å². The second-order valence-corrected chi connectivity index (χ2v) is 7.28. The Morgan fingerprint density at radius 3 is 2.59 bits per heavy atom. The SMILES string of the molecule is CCc1ccc(N(C(C)=O)c2nc(COc3cccc([N+](=O)[O-])c3C)cs2)cc1. The Kier molecular flexibility index (Phi) is 6.23. The largest absolute Gasteiger partial charge is 0.487 e. The fraction of sp³-hybridized carbons (Fsp3) is 0.238. The van der Waals surface area contributed by atoms with Crippen molar-refractivity contribution < 1.29 is 14.5 Å². The highest BCUT2D eigenvalue weighted by atomic mass is 32.1. The highest BCUT2D eigenvalue weighted by Gasteiger charge is 2.19. The van der Waals surface area contributed by atoms with Crippen LogP contribution in [0.5, 0.6) is 5.75 Å². The van der Waals surface area contributed by atoms with Crippen LogP contribution in [0.1, 0.15) is 30.7 Å². The topological polar surface area (TPSA) is 85.6 Å². The highest BCUT2D eigenvalue weighted by Crippen LogP contribution is 2.31. The normalized spacial score (nSPS) is 10.6. The number of nitro benzene ring substituents is 1. The van der Waals surface area contributed by atoms with Gasteiger partial charge in [-0.2, -0.15) is 0 Å². The molecule has 0 unspecified atom stereocenters. The smallest absolute Gasteiger partial charge is 0.276 e. The highest BCUT2D eigenvalue weighted by molar-refractivity contribution is 7.14. The first-order chi connectivity index (χ1) is 13.9. The first kappa shape index (κ1) is 20.5. The third kappa shape index (κ3) is 4.60. The lowest BCUT2D eigenvalue weighted by Gasteiger charge is -2.18. The van der Waals surface area contributed by atoms with Gasteiger partial charge in [-0.15, -0.1) is 11.3 Å². The molecule has 1 heterocycles. The molecule has 29 heavy (non-hydrogen) atoms. The minimum Gasteiger partial charge on any atom is -0.487 e.